The molecule has 0 atom stereocenters. The minimum Gasteiger partial charge on any atom is -0.465 e. The molecule has 0 saturated heterocycles. The summed E-state index contributed by atoms with van der Waals surface area (Å²) in [6, 6.07) is 0. The minimum atomic E-state index is -0.862. The molecule has 11 heteroatoms. The van der Waals surface area contributed by atoms with Gasteiger partial charge >= 0.3 is 23.9 Å². The van der Waals surface area contributed by atoms with Gasteiger partial charge in [0.05, 0.1) is 33.0 Å². The zero-order valence-corrected chi connectivity index (χ0v) is 17.3. The van der Waals surface area contributed by atoms with Crippen LogP contribution in [0.15, 0.2) is 20.3 Å². The Morgan fingerprint density at radius 2 is 1.27 bits per heavy atom. The first-order chi connectivity index (χ1) is 12.2. The zero-order valence-electron chi connectivity index (χ0n) is 14.7. The van der Waals surface area contributed by atoms with Gasteiger partial charge < -0.3 is 18.9 Å². The highest BCUT2D eigenvalue weighted by Crippen LogP contribution is 2.28. The molecule has 0 saturated carbocycles. The van der Waals surface area contributed by atoms with Crippen LogP contribution in [0.4, 0.5) is 0 Å². The predicted octanol–water partition coefficient (Wildman–Crippen LogP) is 1.52. The molecule has 0 aliphatic rings. The molecule has 146 valence electrons. The fourth-order valence-corrected chi connectivity index (χ4v) is 3.11. The summed E-state index contributed by atoms with van der Waals surface area (Å²) in [4.78, 5) is 46.7. The molecule has 0 aromatic heterocycles. The van der Waals surface area contributed by atoms with Crippen LogP contribution in [-0.2, 0) is 38.1 Å². The van der Waals surface area contributed by atoms with Gasteiger partial charge in [-0.25, -0.2) is 19.2 Å². The fraction of sp³-hybridized carbons (Fsp3) is 0.467. The molecule has 0 bridgehead atoms. The van der Waals surface area contributed by atoms with E-state index >= 15 is 0 Å². The van der Waals surface area contributed by atoms with E-state index in [1.165, 1.54) is 0 Å². The molecule has 0 N–H and O–H groups in total. The lowest BCUT2D eigenvalue weighted by molar-refractivity contribution is -0.141. The summed E-state index contributed by atoms with van der Waals surface area (Å²) < 4.78 is 18.8. The van der Waals surface area contributed by atoms with E-state index in [1.807, 2.05) is 0 Å². The molecule has 0 fully saturated rings. The summed E-state index contributed by atoms with van der Waals surface area (Å²) in [6.07, 6.45) is 0. The SMILES string of the molecule is CCOC(=O)/C(S)=C(/CS/C(C(=O)OC)=C(\S)C(=O)OC)C(=O)OCC. The predicted molar refractivity (Wildman–Crippen MR) is 102 cm³/mol. The maximum absolute atomic E-state index is 12.1. The Labute approximate surface area is 166 Å². The normalized spacial score (nSPS) is 12.4. The number of thiol groups is 2. The number of hydrogen-bond donors (Lipinski definition) is 2. The van der Waals surface area contributed by atoms with E-state index in [2.05, 4.69) is 34.7 Å². The molecule has 0 radical (unpaired) electrons. The molecule has 26 heavy (non-hydrogen) atoms. The second-order valence-electron chi connectivity index (χ2n) is 4.22. The fourth-order valence-electron chi connectivity index (χ4n) is 1.42. The third-order valence-electron chi connectivity index (χ3n) is 2.60. The third kappa shape index (κ3) is 7.34. The molecule has 0 aliphatic heterocycles. The number of thioether (sulfide) groups is 1. The first-order valence-electron chi connectivity index (χ1n) is 7.23. The molecule has 0 aromatic carbocycles. The Morgan fingerprint density at radius 3 is 1.73 bits per heavy atom. The van der Waals surface area contributed by atoms with Crippen molar-refractivity contribution in [3.05, 3.63) is 20.3 Å². The van der Waals surface area contributed by atoms with Crippen LogP contribution in [0.5, 0.6) is 0 Å². The quantitative estimate of drug-likeness (QED) is 0.247. The lowest BCUT2D eigenvalue weighted by Gasteiger charge is -2.12. The van der Waals surface area contributed by atoms with Crippen LogP contribution in [-0.4, -0.2) is 57.1 Å². The Balaban J connectivity index is 5.79. The molecule has 0 spiro atoms. The van der Waals surface area contributed by atoms with Gasteiger partial charge in [-0.1, -0.05) is 0 Å². The van der Waals surface area contributed by atoms with Gasteiger partial charge in [-0.15, -0.1) is 37.0 Å². The highest BCUT2D eigenvalue weighted by atomic mass is 32.2. The van der Waals surface area contributed by atoms with Crippen LogP contribution < -0.4 is 0 Å². The largest absolute Gasteiger partial charge is 0.465 e. The number of carbonyl (C=O) groups is 4. The van der Waals surface area contributed by atoms with Gasteiger partial charge in [-0.3, -0.25) is 0 Å². The zero-order chi connectivity index (χ0) is 20.3. The van der Waals surface area contributed by atoms with Crippen molar-refractivity contribution < 1.29 is 38.1 Å². The number of ether oxygens (including phenoxy) is 4. The van der Waals surface area contributed by atoms with Crippen LogP contribution >= 0.6 is 37.0 Å². The molecule has 8 nitrogen and oxygen atoms in total. The Hall–Kier alpha value is -1.59. The maximum Gasteiger partial charge on any atom is 0.345 e. The lowest BCUT2D eigenvalue weighted by Crippen LogP contribution is -2.17. The molecule has 0 aliphatic carbocycles. The average molecular weight is 425 g/mol. The molecular weight excluding hydrogens is 404 g/mol. The molecule has 0 unspecified atom stereocenters. The van der Waals surface area contributed by atoms with Gasteiger partial charge in [-0.05, 0) is 13.8 Å². The van der Waals surface area contributed by atoms with Crippen LogP contribution in [0.1, 0.15) is 13.8 Å². The molecule has 0 heterocycles. The van der Waals surface area contributed by atoms with Crippen molar-refractivity contribution in [2.75, 3.05) is 33.2 Å². The van der Waals surface area contributed by atoms with Crippen molar-refractivity contribution in [3.8, 4) is 0 Å². The van der Waals surface area contributed by atoms with Gasteiger partial charge in [0.15, 0.2) is 0 Å². The number of esters is 4. The van der Waals surface area contributed by atoms with E-state index in [0.717, 1.165) is 26.0 Å². The number of carbonyl (C=O) groups excluding carboxylic acids is 4. The van der Waals surface area contributed by atoms with E-state index in [9.17, 15) is 19.2 Å². The molecule has 0 amide bonds. The van der Waals surface area contributed by atoms with Gasteiger partial charge in [0, 0.05) is 5.75 Å². The van der Waals surface area contributed by atoms with Gasteiger partial charge in [-0.2, -0.15) is 0 Å². The highest BCUT2D eigenvalue weighted by Gasteiger charge is 2.25. The van der Waals surface area contributed by atoms with Crippen LogP contribution in [0.2, 0.25) is 0 Å². The van der Waals surface area contributed by atoms with Crippen LogP contribution in [0.25, 0.3) is 0 Å². The topological polar surface area (TPSA) is 105 Å². The molecular formula is C15H20O8S3. The lowest BCUT2D eigenvalue weighted by atomic mass is 10.3. The number of hydrogen-bond acceptors (Lipinski definition) is 11. The number of rotatable bonds is 9. The van der Waals surface area contributed by atoms with Crippen molar-refractivity contribution in [2.24, 2.45) is 0 Å². The summed E-state index contributed by atoms with van der Waals surface area (Å²) in [7, 11) is 2.24. The Morgan fingerprint density at radius 1 is 0.769 bits per heavy atom. The second-order valence-corrected chi connectivity index (χ2v) is 6.10. The monoisotopic (exact) mass is 424 g/mol. The smallest absolute Gasteiger partial charge is 0.345 e. The van der Waals surface area contributed by atoms with E-state index in [0.29, 0.717) is 0 Å². The average Bonchev–Trinajstić information content (AvgIpc) is 2.63. The highest BCUT2D eigenvalue weighted by molar-refractivity contribution is 8.05. The van der Waals surface area contributed by atoms with Crippen LogP contribution in [0, 0.1) is 0 Å². The minimum absolute atomic E-state index is 0.0660. The summed E-state index contributed by atoms with van der Waals surface area (Å²) in [6.45, 7) is 3.34. The first-order valence-corrected chi connectivity index (χ1v) is 9.11. The molecule has 0 aromatic rings. The summed E-state index contributed by atoms with van der Waals surface area (Å²) in [5.74, 6) is -3.56. The van der Waals surface area contributed by atoms with Crippen molar-refractivity contribution in [1.82, 2.24) is 0 Å². The van der Waals surface area contributed by atoms with Gasteiger partial charge in [0.1, 0.15) is 14.7 Å². The second kappa shape index (κ2) is 12.7. The summed E-state index contributed by atoms with van der Waals surface area (Å²) in [5, 5.41) is 0. The van der Waals surface area contributed by atoms with E-state index < -0.39 is 23.9 Å². The van der Waals surface area contributed by atoms with E-state index in [1.54, 1.807) is 13.8 Å². The van der Waals surface area contributed by atoms with E-state index in [4.69, 9.17) is 9.47 Å². The summed E-state index contributed by atoms with van der Waals surface area (Å²) in [5.41, 5.74) is -0.133. The van der Waals surface area contributed by atoms with Gasteiger partial charge in [0.25, 0.3) is 0 Å². The van der Waals surface area contributed by atoms with E-state index in [-0.39, 0.29) is 39.3 Å². The van der Waals surface area contributed by atoms with Crippen molar-refractivity contribution >= 4 is 60.9 Å². The van der Waals surface area contributed by atoms with Crippen molar-refractivity contribution in [1.29, 1.82) is 0 Å². The van der Waals surface area contributed by atoms with Crippen LogP contribution in [0.3, 0.4) is 0 Å². The van der Waals surface area contributed by atoms with Gasteiger partial charge in [0.2, 0.25) is 0 Å². The number of methoxy groups -OCH3 is 2. The van der Waals surface area contributed by atoms with Crippen molar-refractivity contribution in [3.63, 3.8) is 0 Å². The molecule has 0 rings (SSSR count). The first kappa shape index (κ1) is 24.4. The standard InChI is InChI=1S/C15H20O8S3/c1-5-22-12(16)8(9(24)14(18)23-6-2)7-26-11(15(19)21-4)10(25)13(17)20-3/h24-25H,5-7H2,1-4H3/b9-8+,11-10-. The maximum atomic E-state index is 12.1. The van der Waals surface area contributed by atoms with Crippen molar-refractivity contribution in [2.45, 2.75) is 13.8 Å². The Bertz CT molecular complexity index is 624. The Kier molecular flexibility index (Phi) is 11.9. The summed E-state index contributed by atoms with van der Waals surface area (Å²) >= 11 is 8.72. The third-order valence-corrected chi connectivity index (χ3v) is 4.70.